The van der Waals surface area contributed by atoms with Crippen molar-refractivity contribution in [3.63, 3.8) is 0 Å². The first-order valence-corrected chi connectivity index (χ1v) is 10.4. The molecule has 30 heavy (non-hydrogen) atoms. The maximum atomic E-state index is 13.9. The number of nitrogens with one attached hydrogen (secondary N) is 1. The third kappa shape index (κ3) is 5.75. The second kappa shape index (κ2) is 9.65. The Labute approximate surface area is 176 Å². The molecule has 0 fully saturated rings. The van der Waals surface area contributed by atoms with Crippen LogP contribution in [-0.4, -0.2) is 13.7 Å². The Morgan fingerprint density at radius 1 is 1.03 bits per heavy atom. The number of hydrogen-bond donors (Lipinski definition) is 1. The van der Waals surface area contributed by atoms with E-state index in [1.807, 2.05) is 0 Å². The fraction of sp³-hybridized carbons (Fsp3) is 0.0526. The smallest absolute Gasteiger partial charge is 0.269 e. The molecule has 3 aromatic carbocycles. The lowest BCUT2D eigenvalue weighted by Gasteiger charge is -2.16. The van der Waals surface area contributed by atoms with E-state index >= 15 is 0 Å². The van der Waals surface area contributed by atoms with Crippen molar-refractivity contribution in [3.8, 4) is 11.5 Å². The van der Waals surface area contributed by atoms with Gasteiger partial charge in [-0.3, -0.25) is 14.3 Å². The fourth-order valence-electron chi connectivity index (χ4n) is 2.42. The SMILES string of the molecule is O=[N+]([O-])c1ccc(SCc2ccc(NS(=O)[O-])c(Oc3ccc(F)cc3F)c2)cc1. The molecule has 0 amide bonds. The molecule has 11 heteroatoms. The van der Waals surface area contributed by atoms with Crippen molar-refractivity contribution in [2.24, 2.45) is 0 Å². The van der Waals surface area contributed by atoms with E-state index in [2.05, 4.69) is 4.72 Å². The van der Waals surface area contributed by atoms with Crippen LogP contribution in [0.4, 0.5) is 20.2 Å². The van der Waals surface area contributed by atoms with Crippen LogP contribution in [0.2, 0.25) is 0 Å². The normalized spacial score (nSPS) is 11.7. The second-order valence-corrected chi connectivity index (χ2v) is 7.61. The molecule has 0 aliphatic carbocycles. The zero-order chi connectivity index (χ0) is 21.7. The van der Waals surface area contributed by atoms with Crippen LogP contribution in [0.3, 0.4) is 0 Å². The van der Waals surface area contributed by atoms with Crippen LogP contribution in [-0.2, 0) is 17.0 Å². The summed E-state index contributed by atoms with van der Waals surface area (Å²) in [7, 11) is 0. The predicted molar refractivity (Wildman–Crippen MR) is 108 cm³/mol. The molecular weight excluding hydrogens is 438 g/mol. The van der Waals surface area contributed by atoms with Crippen molar-refractivity contribution < 1.29 is 27.2 Å². The summed E-state index contributed by atoms with van der Waals surface area (Å²) in [6.45, 7) is 0. The minimum Gasteiger partial charge on any atom is -0.755 e. The van der Waals surface area contributed by atoms with Gasteiger partial charge >= 0.3 is 0 Å². The highest BCUT2D eigenvalue weighted by Crippen LogP contribution is 2.34. The van der Waals surface area contributed by atoms with Gasteiger partial charge in [-0.15, -0.1) is 11.8 Å². The monoisotopic (exact) mass is 451 g/mol. The fourth-order valence-corrected chi connectivity index (χ4v) is 3.61. The summed E-state index contributed by atoms with van der Waals surface area (Å²) in [5.41, 5.74) is 0.784. The van der Waals surface area contributed by atoms with Gasteiger partial charge in [0, 0.05) is 40.1 Å². The molecule has 0 saturated heterocycles. The Morgan fingerprint density at radius 3 is 2.40 bits per heavy atom. The van der Waals surface area contributed by atoms with Crippen molar-refractivity contribution >= 4 is 34.4 Å². The van der Waals surface area contributed by atoms with Crippen LogP contribution in [0.1, 0.15) is 5.56 Å². The van der Waals surface area contributed by atoms with E-state index in [9.17, 15) is 27.7 Å². The topological polar surface area (TPSA) is 105 Å². The van der Waals surface area contributed by atoms with Gasteiger partial charge in [-0.05, 0) is 42.0 Å². The number of ether oxygens (including phenoxy) is 1. The van der Waals surface area contributed by atoms with Crippen molar-refractivity contribution in [3.05, 3.63) is 88.0 Å². The Morgan fingerprint density at radius 2 is 1.77 bits per heavy atom. The van der Waals surface area contributed by atoms with Crippen molar-refractivity contribution in [1.82, 2.24) is 0 Å². The molecule has 1 unspecified atom stereocenters. The lowest BCUT2D eigenvalue weighted by Crippen LogP contribution is -2.04. The molecule has 0 aliphatic heterocycles. The molecule has 0 bridgehead atoms. The molecule has 1 N–H and O–H groups in total. The van der Waals surface area contributed by atoms with Gasteiger partial charge in [0.15, 0.2) is 17.3 Å². The minimum atomic E-state index is -2.63. The highest BCUT2D eigenvalue weighted by Gasteiger charge is 2.12. The molecule has 3 rings (SSSR count). The molecule has 1 atom stereocenters. The van der Waals surface area contributed by atoms with Gasteiger partial charge in [0.1, 0.15) is 5.82 Å². The Kier molecular flexibility index (Phi) is 6.98. The summed E-state index contributed by atoms with van der Waals surface area (Å²) in [5.74, 6) is -1.51. The number of nitro benzene ring substituents is 1. The van der Waals surface area contributed by atoms with Crippen LogP contribution < -0.4 is 9.46 Å². The van der Waals surface area contributed by atoms with E-state index in [-0.39, 0.29) is 22.9 Å². The van der Waals surface area contributed by atoms with Crippen molar-refractivity contribution in [2.75, 3.05) is 4.72 Å². The number of halogens is 2. The molecule has 0 radical (unpaired) electrons. The highest BCUT2D eigenvalue weighted by molar-refractivity contribution is 7.98. The third-order valence-corrected chi connectivity index (χ3v) is 5.28. The first-order chi connectivity index (χ1) is 14.3. The molecule has 156 valence electrons. The summed E-state index contributed by atoms with van der Waals surface area (Å²) in [5, 5.41) is 10.7. The number of benzene rings is 3. The first kappa shape index (κ1) is 21.7. The summed E-state index contributed by atoms with van der Waals surface area (Å²) in [6.07, 6.45) is 0. The number of thioether (sulfide) groups is 1. The molecule has 7 nitrogen and oxygen atoms in total. The molecule has 0 spiro atoms. The van der Waals surface area contributed by atoms with E-state index in [4.69, 9.17) is 4.74 Å². The molecule has 0 aromatic heterocycles. The summed E-state index contributed by atoms with van der Waals surface area (Å²) >= 11 is -1.24. The number of nitrogens with zero attached hydrogens (tertiary/aromatic N) is 1. The van der Waals surface area contributed by atoms with Gasteiger partial charge in [0.05, 0.1) is 10.6 Å². The van der Waals surface area contributed by atoms with Crippen molar-refractivity contribution in [2.45, 2.75) is 10.6 Å². The van der Waals surface area contributed by atoms with Crippen LogP contribution in [0.25, 0.3) is 0 Å². The van der Waals surface area contributed by atoms with Crippen LogP contribution in [0.5, 0.6) is 11.5 Å². The maximum absolute atomic E-state index is 13.9. The zero-order valence-corrected chi connectivity index (χ0v) is 16.7. The summed E-state index contributed by atoms with van der Waals surface area (Å²) in [4.78, 5) is 11.0. The third-order valence-electron chi connectivity index (χ3n) is 3.81. The first-order valence-electron chi connectivity index (χ1n) is 8.31. The van der Waals surface area contributed by atoms with Crippen LogP contribution in [0.15, 0.2) is 65.6 Å². The summed E-state index contributed by atoms with van der Waals surface area (Å²) < 4.78 is 56.7. The molecule has 0 saturated carbocycles. The maximum Gasteiger partial charge on any atom is 0.269 e. The van der Waals surface area contributed by atoms with Gasteiger partial charge in [-0.2, -0.15) is 0 Å². The Hall–Kier alpha value is -3.02. The van der Waals surface area contributed by atoms with Gasteiger partial charge < -0.3 is 14.0 Å². The molecule has 0 aliphatic rings. The van der Waals surface area contributed by atoms with Crippen LogP contribution in [0, 0.1) is 21.7 Å². The highest BCUT2D eigenvalue weighted by atomic mass is 32.2. The minimum absolute atomic E-state index is 0.0163. The number of rotatable bonds is 8. The van der Waals surface area contributed by atoms with E-state index < -0.39 is 27.8 Å². The lowest BCUT2D eigenvalue weighted by atomic mass is 10.2. The van der Waals surface area contributed by atoms with Gasteiger partial charge in [0.25, 0.3) is 5.69 Å². The average molecular weight is 451 g/mol. The number of anilines is 1. The molecule has 0 heterocycles. The lowest BCUT2D eigenvalue weighted by molar-refractivity contribution is -0.384. The number of nitro groups is 1. The largest absolute Gasteiger partial charge is 0.755 e. The van der Waals surface area contributed by atoms with Gasteiger partial charge in [0.2, 0.25) is 0 Å². The van der Waals surface area contributed by atoms with Gasteiger partial charge in [-0.1, -0.05) is 6.07 Å². The van der Waals surface area contributed by atoms with Gasteiger partial charge in [-0.25, -0.2) is 8.78 Å². The quantitative estimate of drug-likeness (QED) is 0.219. The van der Waals surface area contributed by atoms with E-state index in [1.54, 1.807) is 18.2 Å². The standard InChI is InChI=1S/C19H14F2N2O5S2/c20-13-2-8-18(16(21)10-13)28-19-9-12(1-7-17(19)22-30(26)27)11-29-15-5-3-14(4-6-15)23(24)25/h1-10,22H,11H2,(H,26,27)/p-1. The molecule has 3 aromatic rings. The van der Waals surface area contributed by atoms with E-state index in [0.717, 1.165) is 22.6 Å². The predicted octanol–water partition coefficient (Wildman–Crippen LogP) is 5.16. The number of hydrogen-bond acceptors (Lipinski definition) is 6. The average Bonchev–Trinajstić information content (AvgIpc) is 2.70. The molecular formula is C19H13F2N2O5S2-. The Bertz CT molecular complexity index is 1100. The van der Waals surface area contributed by atoms with E-state index in [1.165, 1.54) is 36.0 Å². The zero-order valence-electron chi connectivity index (χ0n) is 15.0. The number of non-ortho nitro benzene ring substituents is 1. The summed E-state index contributed by atoms with van der Waals surface area (Å²) in [6, 6.07) is 13.4. The van der Waals surface area contributed by atoms with E-state index in [0.29, 0.717) is 11.8 Å². The second-order valence-electron chi connectivity index (χ2n) is 5.88. The Balaban J connectivity index is 1.80. The van der Waals surface area contributed by atoms with Crippen LogP contribution >= 0.6 is 11.8 Å². The van der Waals surface area contributed by atoms with Crippen molar-refractivity contribution in [1.29, 1.82) is 0 Å².